The molecule has 0 aliphatic rings. The molecule has 0 radical (unpaired) electrons. The summed E-state index contributed by atoms with van der Waals surface area (Å²) >= 11 is 1.09. The van der Waals surface area contributed by atoms with Crippen LogP contribution in [0.3, 0.4) is 0 Å². The molecule has 0 unspecified atom stereocenters. The number of thioether (sulfide) groups is 1. The maximum Gasteiger partial charge on any atom is 0.313 e. The molecule has 8 nitrogen and oxygen atoms in total. The predicted octanol–water partition coefficient (Wildman–Crippen LogP) is 3.00. The number of Topliss-reactive ketones (excluding diaryl/α,β-unsaturated/α-hetero) is 1. The zero-order valence-electron chi connectivity index (χ0n) is 19.2. The number of amides is 1. The van der Waals surface area contributed by atoms with Crippen molar-refractivity contribution >= 4 is 40.3 Å². The van der Waals surface area contributed by atoms with E-state index in [0.29, 0.717) is 41.1 Å². The molecule has 0 aliphatic heterocycles. The summed E-state index contributed by atoms with van der Waals surface area (Å²) in [6.45, 7) is 2.89. The van der Waals surface area contributed by atoms with Gasteiger partial charge in [-0.25, -0.2) is 4.98 Å². The number of benzene rings is 2. The van der Waals surface area contributed by atoms with Crippen LogP contribution in [-0.4, -0.2) is 46.6 Å². The highest BCUT2D eigenvalue weighted by molar-refractivity contribution is 7.99. The number of ketones is 1. The fourth-order valence-electron chi connectivity index (χ4n) is 3.30. The van der Waals surface area contributed by atoms with E-state index >= 15 is 0 Å². The first-order chi connectivity index (χ1) is 16.4. The Balaban J connectivity index is 1.94. The van der Waals surface area contributed by atoms with Crippen molar-refractivity contribution in [2.24, 2.45) is 0 Å². The van der Waals surface area contributed by atoms with E-state index in [-0.39, 0.29) is 29.4 Å². The van der Waals surface area contributed by atoms with E-state index in [1.165, 1.54) is 7.11 Å². The minimum absolute atomic E-state index is 0.0327. The Bertz CT molecular complexity index is 1240. The number of carbonyl (C=O) groups excluding carboxylic acids is 3. The van der Waals surface area contributed by atoms with Gasteiger partial charge < -0.3 is 10.1 Å². The van der Waals surface area contributed by atoms with Gasteiger partial charge in [-0.1, -0.05) is 49.0 Å². The van der Waals surface area contributed by atoms with Crippen LogP contribution in [0.2, 0.25) is 0 Å². The molecule has 0 saturated carbocycles. The topological polar surface area (TPSA) is 107 Å². The summed E-state index contributed by atoms with van der Waals surface area (Å²) in [7, 11) is 1.23. The molecular formula is C25H27N3O5S. The lowest BCUT2D eigenvalue weighted by Gasteiger charge is -2.14. The Kier molecular flexibility index (Phi) is 8.98. The van der Waals surface area contributed by atoms with Crippen molar-refractivity contribution in [3.8, 4) is 0 Å². The highest BCUT2D eigenvalue weighted by atomic mass is 32.2. The zero-order chi connectivity index (χ0) is 24.5. The SMILES string of the molecule is CCCNC(=O)c1ccc2c(=O)n(CCc3ccccc3)c(SCC(=O)CC(=O)OC)nc2c1. The molecule has 9 heteroatoms. The molecule has 1 aromatic heterocycles. The number of aromatic nitrogens is 2. The second kappa shape index (κ2) is 12.1. The Hall–Kier alpha value is -3.46. The van der Waals surface area contributed by atoms with Crippen LogP contribution in [0.15, 0.2) is 58.5 Å². The van der Waals surface area contributed by atoms with E-state index in [2.05, 4.69) is 15.0 Å². The highest BCUT2D eigenvalue weighted by Gasteiger charge is 2.17. The van der Waals surface area contributed by atoms with Gasteiger partial charge >= 0.3 is 5.97 Å². The molecule has 0 bridgehead atoms. The van der Waals surface area contributed by atoms with Crippen molar-refractivity contribution in [2.75, 3.05) is 19.4 Å². The number of nitrogens with one attached hydrogen (secondary N) is 1. The molecule has 0 saturated heterocycles. The van der Waals surface area contributed by atoms with Gasteiger partial charge in [-0.05, 0) is 36.6 Å². The highest BCUT2D eigenvalue weighted by Crippen LogP contribution is 2.20. The van der Waals surface area contributed by atoms with E-state index in [9.17, 15) is 19.2 Å². The molecule has 1 N–H and O–H groups in total. The fraction of sp³-hybridized carbons (Fsp3) is 0.320. The fourth-order valence-corrected chi connectivity index (χ4v) is 4.19. The number of fused-ring (bicyclic) bond motifs is 1. The van der Waals surface area contributed by atoms with Crippen LogP contribution in [0.4, 0.5) is 0 Å². The zero-order valence-corrected chi connectivity index (χ0v) is 20.0. The number of hydrogen-bond acceptors (Lipinski definition) is 7. The van der Waals surface area contributed by atoms with E-state index in [1.807, 2.05) is 37.3 Å². The van der Waals surface area contributed by atoms with E-state index in [4.69, 9.17) is 0 Å². The van der Waals surface area contributed by atoms with Gasteiger partial charge in [0.25, 0.3) is 11.5 Å². The van der Waals surface area contributed by atoms with Crippen molar-refractivity contribution in [3.05, 3.63) is 70.0 Å². The van der Waals surface area contributed by atoms with Gasteiger partial charge in [-0.15, -0.1) is 0 Å². The lowest BCUT2D eigenvalue weighted by Crippen LogP contribution is -2.26. The van der Waals surface area contributed by atoms with Crippen LogP contribution in [0.5, 0.6) is 0 Å². The third-order valence-corrected chi connectivity index (χ3v) is 6.15. The maximum atomic E-state index is 13.3. The van der Waals surface area contributed by atoms with Crippen LogP contribution >= 0.6 is 11.8 Å². The molecule has 2 aromatic carbocycles. The molecule has 0 atom stereocenters. The van der Waals surface area contributed by atoms with Gasteiger partial charge in [0.1, 0.15) is 6.42 Å². The Morgan fingerprint density at radius 2 is 1.88 bits per heavy atom. The van der Waals surface area contributed by atoms with Crippen LogP contribution in [-0.2, 0) is 27.3 Å². The molecule has 0 fully saturated rings. The van der Waals surface area contributed by atoms with Crippen LogP contribution < -0.4 is 10.9 Å². The number of ether oxygens (including phenoxy) is 1. The third-order valence-electron chi connectivity index (χ3n) is 5.12. The van der Waals surface area contributed by atoms with E-state index in [0.717, 1.165) is 23.7 Å². The molecule has 34 heavy (non-hydrogen) atoms. The molecule has 1 heterocycles. The van der Waals surface area contributed by atoms with Gasteiger partial charge in [-0.2, -0.15) is 0 Å². The van der Waals surface area contributed by atoms with Gasteiger partial charge in [0.15, 0.2) is 10.9 Å². The average Bonchev–Trinajstić information content (AvgIpc) is 2.85. The molecule has 0 spiro atoms. The van der Waals surface area contributed by atoms with Crippen LogP contribution in [0.25, 0.3) is 10.9 Å². The normalized spacial score (nSPS) is 10.8. The molecular weight excluding hydrogens is 454 g/mol. The largest absolute Gasteiger partial charge is 0.469 e. The van der Waals surface area contributed by atoms with Crippen LogP contribution in [0.1, 0.15) is 35.7 Å². The monoisotopic (exact) mass is 481 g/mol. The molecule has 178 valence electrons. The first-order valence-electron chi connectivity index (χ1n) is 11.0. The summed E-state index contributed by atoms with van der Waals surface area (Å²) < 4.78 is 6.09. The Morgan fingerprint density at radius 3 is 2.59 bits per heavy atom. The summed E-state index contributed by atoms with van der Waals surface area (Å²) in [6.07, 6.45) is 1.08. The summed E-state index contributed by atoms with van der Waals surface area (Å²) in [6, 6.07) is 14.6. The summed E-state index contributed by atoms with van der Waals surface area (Å²) in [5.41, 5.74) is 1.61. The first kappa shape index (κ1) is 25.2. The number of hydrogen-bond donors (Lipinski definition) is 1. The quantitative estimate of drug-likeness (QED) is 0.194. The number of rotatable bonds is 11. The molecule has 1 amide bonds. The van der Waals surface area contributed by atoms with Crippen molar-refractivity contribution < 1.29 is 19.1 Å². The molecule has 0 aliphatic carbocycles. The van der Waals surface area contributed by atoms with Gasteiger partial charge in [0.2, 0.25) is 0 Å². The van der Waals surface area contributed by atoms with Crippen molar-refractivity contribution in [1.29, 1.82) is 0 Å². The number of esters is 1. The smallest absolute Gasteiger partial charge is 0.313 e. The van der Waals surface area contributed by atoms with Crippen LogP contribution in [0, 0.1) is 0 Å². The lowest BCUT2D eigenvalue weighted by molar-refractivity contribution is -0.142. The standard InChI is InChI=1S/C25H27N3O5S/c1-3-12-26-23(31)18-9-10-20-21(14-18)27-25(34-16-19(29)15-22(30)33-2)28(24(20)32)13-11-17-7-5-4-6-8-17/h4-10,14H,3,11-13,15-16H2,1-2H3,(H,26,31). The van der Waals surface area contributed by atoms with E-state index < -0.39 is 5.97 Å². The van der Waals surface area contributed by atoms with Crippen molar-refractivity contribution in [1.82, 2.24) is 14.9 Å². The predicted molar refractivity (Wildman–Crippen MR) is 131 cm³/mol. The summed E-state index contributed by atoms with van der Waals surface area (Å²) in [5, 5.41) is 3.57. The van der Waals surface area contributed by atoms with Crippen molar-refractivity contribution in [3.63, 3.8) is 0 Å². The number of methoxy groups -OCH3 is 1. The van der Waals surface area contributed by atoms with Gasteiger partial charge in [0, 0.05) is 18.7 Å². The minimum atomic E-state index is -0.610. The lowest BCUT2D eigenvalue weighted by atomic mass is 10.1. The summed E-state index contributed by atoms with van der Waals surface area (Å²) in [4.78, 5) is 53.9. The Labute approximate surface area is 201 Å². The minimum Gasteiger partial charge on any atom is -0.469 e. The van der Waals surface area contributed by atoms with Gasteiger partial charge in [-0.3, -0.25) is 23.7 Å². The second-order valence-corrected chi connectivity index (χ2v) is 8.60. The second-order valence-electron chi connectivity index (χ2n) is 7.65. The van der Waals surface area contributed by atoms with E-state index in [1.54, 1.807) is 22.8 Å². The Morgan fingerprint density at radius 1 is 1.12 bits per heavy atom. The third kappa shape index (κ3) is 6.54. The molecule has 3 aromatic rings. The number of nitrogens with zero attached hydrogens (tertiary/aromatic N) is 2. The summed E-state index contributed by atoms with van der Waals surface area (Å²) in [5.74, 6) is -1.20. The van der Waals surface area contributed by atoms with Crippen molar-refractivity contribution in [2.45, 2.75) is 37.9 Å². The van der Waals surface area contributed by atoms with Gasteiger partial charge in [0.05, 0.1) is 23.8 Å². The molecule has 3 rings (SSSR count). The average molecular weight is 482 g/mol. The first-order valence-corrected chi connectivity index (χ1v) is 12.0. The maximum absolute atomic E-state index is 13.3. The number of carbonyl (C=O) groups is 3. The number of aryl methyl sites for hydroxylation is 1.